The van der Waals surface area contributed by atoms with Crippen molar-refractivity contribution in [3.8, 4) is 22.3 Å². The van der Waals surface area contributed by atoms with Gasteiger partial charge in [-0.1, -0.05) is 105 Å². The summed E-state index contributed by atoms with van der Waals surface area (Å²) in [6.07, 6.45) is 8.63. The van der Waals surface area contributed by atoms with Gasteiger partial charge in [0.2, 0.25) is 0 Å². The van der Waals surface area contributed by atoms with E-state index in [-0.39, 0.29) is 17.5 Å². The van der Waals surface area contributed by atoms with Gasteiger partial charge in [0.05, 0.1) is 23.1 Å². The first-order valence-electron chi connectivity index (χ1n) is 15.7. The van der Waals surface area contributed by atoms with E-state index >= 15 is 0 Å². The van der Waals surface area contributed by atoms with Gasteiger partial charge in [0.1, 0.15) is 11.2 Å². The van der Waals surface area contributed by atoms with Crippen LogP contribution in [0.15, 0.2) is 126 Å². The summed E-state index contributed by atoms with van der Waals surface area (Å²) in [5.74, 6) is 0. The lowest BCUT2D eigenvalue weighted by atomic mass is 9.82. The van der Waals surface area contributed by atoms with Gasteiger partial charge < -0.3 is 15.2 Å². The predicted octanol–water partition coefficient (Wildman–Crippen LogP) is 9.65. The van der Waals surface area contributed by atoms with E-state index in [2.05, 4.69) is 145 Å². The normalized spacial score (nSPS) is 19.3. The van der Waals surface area contributed by atoms with Crippen LogP contribution in [0.1, 0.15) is 30.5 Å². The molecular weight excluding hydrogens is 550 g/mol. The van der Waals surface area contributed by atoms with Crippen LogP contribution in [0.25, 0.3) is 71.7 Å². The van der Waals surface area contributed by atoms with Crippen LogP contribution in [-0.2, 0) is 5.41 Å². The first-order valence-corrected chi connectivity index (χ1v) is 15.7. The molecule has 0 amide bonds. The summed E-state index contributed by atoms with van der Waals surface area (Å²) in [4.78, 5) is 0. The summed E-state index contributed by atoms with van der Waals surface area (Å²) >= 11 is 0. The van der Waals surface area contributed by atoms with Crippen molar-refractivity contribution in [2.45, 2.75) is 31.3 Å². The SMILES string of the molecule is C=C1NC2C=CC=CC2Nn2c3ccc(-c4ccc5c(c4)-c4ccccc4C5(C)C)cc3c3c4c(cc1c32)oc1ccccc14. The number of furan rings is 1. The van der Waals surface area contributed by atoms with Crippen molar-refractivity contribution in [1.29, 1.82) is 0 Å². The summed E-state index contributed by atoms with van der Waals surface area (Å²) in [5.41, 5.74) is 17.7. The average Bonchev–Trinajstić information content (AvgIpc) is 3.66. The fraction of sp³-hybridized carbons (Fsp3) is 0.122. The maximum absolute atomic E-state index is 6.51. The Labute approximate surface area is 260 Å². The van der Waals surface area contributed by atoms with Crippen LogP contribution in [0.3, 0.4) is 0 Å². The number of nitrogens with zero attached hydrogens (tertiary/aromatic N) is 1. The Morgan fingerprint density at radius 1 is 0.689 bits per heavy atom. The van der Waals surface area contributed by atoms with Crippen LogP contribution in [0.2, 0.25) is 0 Å². The highest BCUT2D eigenvalue weighted by atomic mass is 16.3. The van der Waals surface area contributed by atoms with Crippen molar-refractivity contribution < 1.29 is 4.42 Å². The van der Waals surface area contributed by atoms with Crippen molar-refractivity contribution in [1.82, 2.24) is 9.99 Å². The van der Waals surface area contributed by atoms with Crippen molar-refractivity contribution in [2.24, 2.45) is 0 Å². The van der Waals surface area contributed by atoms with E-state index in [0.29, 0.717) is 0 Å². The highest BCUT2D eigenvalue weighted by Gasteiger charge is 2.35. The zero-order valence-corrected chi connectivity index (χ0v) is 25.2. The fourth-order valence-corrected chi connectivity index (χ4v) is 8.16. The van der Waals surface area contributed by atoms with Crippen LogP contribution < -0.4 is 10.7 Å². The molecule has 216 valence electrons. The highest BCUT2D eigenvalue weighted by Crippen LogP contribution is 2.50. The number of aromatic nitrogens is 1. The second-order valence-electron chi connectivity index (χ2n) is 13.2. The Hall–Kier alpha value is -5.48. The maximum atomic E-state index is 6.51. The number of para-hydroxylation sites is 1. The number of fused-ring (bicyclic) bond motifs is 11. The van der Waals surface area contributed by atoms with E-state index in [4.69, 9.17) is 4.42 Å². The lowest BCUT2D eigenvalue weighted by molar-refractivity contribution is 0.612. The van der Waals surface area contributed by atoms with Gasteiger partial charge in [0.15, 0.2) is 0 Å². The van der Waals surface area contributed by atoms with Crippen molar-refractivity contribution >= 4 is 49.4 Å². The molecule has 5 aromatic carbocycles. The van der Waals surface area contributed by atoms with E-state index in [9.17, 15) is 0 Å². The zero-order valence-electron chi connectivity index (χ0n) is 25.2. The molecule has 7 aromatic rings. The smallest absolute Gasteiger partial charge is 0.136 e. The van der Waals surface area contributed by atoms with Gasteiger partial charge in [-0.2, -0.15) is 0 Å². The number of nitrogens with one attached hydrogen (secondary N) is 2. The minimum atomic E-state index is -0.0127. The van der Waals surface area contributed by atoms with Gasteiger partial charge in [-0.05, 0) is 63.7 Å². The van der Waals surface area contributed by atoms with E-state index in [1.54, 1.807) is 0 Å². The van der Waals surface area contributed by atoms with Gasteiger partial charge in [0.25, 0.3) is 0 Å². The van der Waals surface area contributed by atoms with Gasteiger partial charge in [-0.3, -0.25) is 4.68 Å². The number of benzene rings is 5. The van der Waals surface area contributed by atoms with E-state index in [1.807, 2.05) is 6.07 Å². The Morgan fingerprint density at radius 3 is 2.36 bits per heavy atom. The zero-order chi connectivity index (χ0) is 30.0. The molecule has 2 N–H and O–H groups in total. The molecule has 10 rings (SSSR count). The Bertz CT molecular complexity index is 2500. The van der Waals surface area contributed by atoms with Crippen LogP contribution in [0.4, 0.5) is 0 Å². The lowest BCUT2D eigenvalue weighted by Gasteiger charge is -2.32. The van der Waals surface area contributed by atoms with Gasteiger partial charge in [0, 0.05) is 38.2 Å². The number of allylic oxidation sites excluding steroid dienone is 2. The monoisotopic (exact) mass is 581 g/mol. The minimum absolute atomic E-state index is 0.0127. The molecule has 1 aliphatic heterocycles. The predicted molar refractivity (Wildman–Crippen MR) is 187 cm³/mol. The molecule has 2 unspecified atom stereocenters. The van der Waals surface area contributed by atoms with E-state index in [0.717, 1.165) is 44.2 Å². The lowest BCUT2D eigenvalue weighted by Crippen LogP contribution is -2.45. The molecule has 2 aromatic heterocycles. The second-order valence-corrected chi connectivity index (χ2v) is 13.2. The molecule has 2 atom stereocenters. The molecule has 45 heavy (non-hydrogen) atoms. The van der Waals surface area contributed by atoms with Crippen molar-refractivity contribution in [3.05, 3.63) is 139 Å². The third kappa shape index (κ3) is 3.26. The summed E-state index contributed by atoms with van der Waals surface area (Å²) in [7, 11) is 0. The molecule has 3 heterocycles. The Morgan fingerprint density at radius 2 is 1.44 bits per heavy atom. The van der Waals surface area contributed by atoms with Crippen molar-refractivity contribution in [2.75, 3.05) is 5.43 Å². The molecule has 4 nitrogen and oxygen atoms in total. The fourth-order valence-electron chi connectivity index (χ4n) is 8.16. The quantitative estimate of drug-likeness (QED) is 0.203. The number of rotatable bonds is 1. The highest BCUT2D eigenvalue weighted by molar-refractivity contribution is 6.29. The third-order valence-electron chi connectivity index (χ3n) is 10.4. The van der Waals surface area contributed by atoms with Crippen LogP contribution >= 0.6 is 0 Å². The molecule has 0 spiro atoms. The molecule has 3 aliphatic rings. The summed E-state index contributed by atoms with van der Waals surface area (Å²) in [5, 5.41) is 8.33. The molecular formula is C41H31N3O. The van der Waals surface area contributed by atoms with Gasteiger partial charge >= 0.3 is 0 Å². The number of hydrogen-bond acceptors (Lipinski definition) is 3. The number of hydrogen-bond donors (Lipinski definition) is 2. The van der Waals surface area contributed by atoms with Crippen LogP contribution in [0.5, 0.6) is 0 Å². The standard InChI is InChI=1S/C41H31N3O/c1-23-28-22-37-38(27-11-5-9-15-36(27)45-37)39-30-21-25(17-19-35(30)44(40(28)39)43-34-14-8-7-13-33(34)42-23)24-16-18-32-29(20-24)26-10-4-6-12-31(26)41(32,2)3/h4-22,33-34,42-43H,1H2,2-3H3. The van der Waals surface area contributed by atoms with E-state index in [1.165, 1.54) is 44.2 Å². The van der Waals surface area contributed by atoms with Crippen LogP contribution in [-0.4, -0.2) is 16.8 Å². The Balaban J connectivity index is 1.28. The van der Waals surface area contributed by atoms with Gasteiger partial charge in [-0.15, -0.1) is 0 Å². The summed E-state index contributed by atoms with van der Waals surface area (Å²) in [6.45, 7) is 9.21. The Kier molecular flexibility index (Phi) is 4.75. The largest absolute Gasteiger partial charge is 0.456 e. The first-order chi connectivity index (χ1) is 22.0. The first kappa shape index (κ1) is 24.9. The molecule has 0 radical (unpaired) electrons. The molecule has 0 saturated heterocycles. The summed E-state index contributed by atoms with van der Waals surface area (Å²) in [6, 6.07) is 33.4. The van der Waals surface area contributed by atoms with E-state index < -0.39 is 0 Å². The molecule has 0 fully saturated rings. The third-order valence-corrected chi connectivity index (χ3v) is 10.4. The topological polar surface area (TPSA) is 42.1 Å². The molecule has 0 bridgehead atoms. The summed E-state index contributed by atoms with van der Waals surface area (Å²) < 4.78 is 8.80. The van der Waals surface area contributed by atoms with Gasteiger partial charge in [-0.25, -0.2) is 0 Å². The molecule has 0 saturated carbocycles. The average molecular weight is 582 g/mol. The second kappa shape index (κ2) is 8.58. The van der Waals surface area contributed by atoms with Crippen molar-refractivity contribution in [3.63, 3.8) is 0 Å². The molecule has 4 heteroatoms. The minimum Gasteiger partial charge on any atom is -0.456 e. The van der Waals surface area contributed by atoms with Crippen LogP contribution in [0, 0.1) is 0 Å². The maximum Gasteiger partial charge on any atom is 0.136 e. The molecule has 2 aliphatic carbocycles.